The van der Waals surface area contributed by atoms with E-state index in [0.29, 0.717) is 18.4 Å². The fourth-order valence-electron chi connectivity index (χ4n) is 1.98. The molecule has 2 aromatic heterocycles. The van der Waals surface area contributed by atoms with E-state index in [4.69, 9.17) is 5.84 Å². The minimum Gasteiger partial charge on any atom is -0.308 e. The SMILES string of the molecule is NNc1ccc(Cn2ccn(C3CC3)c2=O)cn1. The van der Waals surface area contributed by atoms with Crippen LogP contribution in [0.3, 0.4) is 0 Å². The van der Waals surface area contributed by atoms with E-state index in [9.17, 15) is 4.79 Å². The number of hydrazine groups is 1. The van der Waals surface area contributed by atoms with Gasteiger partial charge in [-0.25, -0.2) is 15.6 Å². The summed E-state index contributed by atoms with van der Waals surface area (Å²) in [6.45, 7) is 0.538. The van der Waals surface area contributed by atoms with E-state index in [0.717, 1.165) is 18.4 Å². The number of nitrogens with one attached hydrogen (secondary N) is 1. The van der Waals surface area contributed by atoms with Crippen molar-refractivity contribution in [3.8, 4) is 0 Å². The Balaban J connectivity index is 1.81. The van der Waals surface area contributed by atoms with Gasteiger partial charge in [-0.15, -0.1) is 0 Å². The van der Waals surface area contributed by atoms with Crippen LogP contribution < -0.4 is 17.0 Å². The van der Waals surface area contributed by atoms with Crippen molar-refractivity contribution in [2.75, 3.05) is 5.43 Å². The lowest BCUT2D eigenvalue weighted by Crippen LogP contribution is -2.23. The number of hydrogen-bond acceptors (Lipinski definition) is 4. The Morgan fingerprint density at radius 2 is 2.22 bits per heavy atom. The van der Waals surface area contributed by atoms with Crippen molar-refractivity contribution >= 4 is 5.82 Å². The van der Waals surface area contributed by atoms with E-state index in [-0.39, 0.29) is 5.69 Å². The lowest BCUT2D eigenvalue weighted by Gasteiger charge is -2.03. The highest BCUT2D eigenvalue weighted by Crippen LogP contribution is 2.33. The zero-order valence-electron chi connectivity index (χ0n) is 9.91. The standard InChI is InChI=1S/C12H15N5O/c13-15-11-4-1-9(7-14-11)8-16-5-6-17(12(16)18)10-2-3-10/h1,4-7,10H,2-3,8,13H2,(H,14,15). The monoisotopic (exact) mass is 245 g/mol. The smallest absolute Gasteiger partial charge is 0.308 e. The van der Waals surface area contributed by atoms with Gasteiger partial charge in [-0.05, 0) is 24.5 Å². The second-order valence-corrected chi connectivity index (χ2v) is 4.54. The van der Waals surface area contributed by atoms with Crippen molar-refractivity contribution in [1.29, 1.82) is 0 Å². The van der Waals surface area contributed by atoms with Crippen LogP contribution in [0.1, 0.15) is 24.4 Å². The molecule has 2 aromatic rings. The van der Waals surface area contributed by atoms with Crippen LogP contribution >= 0.6 is 0 Å². The molecule has 0 bridgehead atoms. The molecule has 18 heavy (non-hydrogen) atoms. The first-order chi connectivity index (χ1) is 8.78. The van der Waals surface area contributed by atoms with Gasteiger partial charge in [-0.3, -0.25) is 9.13 Å². The molecule has 0 amide bonds. The van der Waals surface area contributed by atoms with E-state index in [1.54, 1.807) is 16.8 Å². The van der Waals surface area contributed by atoms with Crippen LogP contribution in [-0.4, -0.2) is 14.1 Å². The Morgan fingerprint density at radius 3 is 2.83 bits per heavy atom. The van der Waals surface area contributed by atoms with E-state index in [1.165, 1.54) is 0 Å². The van der Waals surface area contributed by atoms with Gasteiger partial charge in [0, 0.05) is 24.6 Å². The molecule has 3 N–H and O–H groups in total. The largest absolute Gasteiger partial charge is 0.328 e. The average molecular weight is 245 g/mol. The zero-order valence-corrected chi connectivity index (χ0v) is 9.91. The Kier molecular flexibility index (Phi) is 2.64. The molecule has 94 valence electrons. The van der Waals surface area contributed by atoms with E-state index >= 15 is 0 Å². The molecule has 6 nitrogen and oxygen atoms in total. The Bertz CT molecular complexity index is 594. The third-order valence-electron chi connectivity index (χ3n) is 3.14. The average Bonchev–Trinajstić information content (AvgIpc) is 3.17. The predicted octanol–water partition coefficient (Wildman–Crippen LogP) is 0.714. The van der Waals surface area contributed by atoms with Crippen molar-refractivity contribution in [1.82, 2.24) is 14.1 Å². The summed E-state index contributed by atoms with van der Waals surface area (Å²) in [6.07, 6.45) is 7.64. The summed E-state index contributed by atoms with van der Waals surface area (Å²) in [7, 11) is 0. The summed E-state index contributed by atoms with van der Waals surface area (Å²) >= 11 is 0. The van der Waals surface area contributed by atoms with Gasteiger partial charge in [0.2, 0.25) is 0 Å². The van der Waals surface area contributed by atoms with Gasteiger partial charge in [-0.2, -0.15) is 0 Å². The number of imidazole rings is 1. The number of nitrogens with zero attached hydrogens (tertiary/aromatic N) is 3. The maximum atomic E-state index is 12.1. The first-order valence-electron chi connectivity index (χ1n) is 5.97. The Labute approximate surface area is 104 Å². The highest BCUT2D eigenvalue weighted by Gasteiger charge is 2.25. The third-order valence-corrected chi connectivity index (χ3v) is 3.14. The van der Waals surface area contributed by atoms with Crippen molar-refractivity contribution < 1.29 is 0 Å². The number of nitrogen functional groups attached to an aromatic ring is 1. The highest BCUT2D eigenvalue weighted by atomic mass is 16.1. The lowest BCUT2D eigenvalue weighted by atomic mass is 10.3. The number of nitrogens with two attached hydrogens (primary N) is 1. The van der Waals surface area contributed by atoms with Crippen LogP contribution in [0.4, 0.5) is 5.82 Å². The molecule has 0 atom stereocenters. The van der Waals surface area contributed by atoms with Crippen LogP contribution in [0, 0.1) is 0 Å². The fourth-order valence-corrected chi connectivity index (χ4v) is 1.98. The molecule has 0 unspecified atom stereocenters. The van der Waals surface area contributed by atoms with Gasteiger partial charge >= 0.3 is 5.69 Å². The highest BCUT2D eigenvalue weighted by molar-refractivity contribution is 5.33. The van der Waals surface area contributed by atoms with Gasteiger partial charge in [0.15, 0.2) is 0 Å². The predicted molar refractivity (Wildman–Crippen MR) is 68.1 cm³/mol. The van der Waals surface area contributed by atoms with Gasteiger partial charge in [0.25, 0.3) is 0 Å². The molecule has 1 aliphatic carbocycles. The molecule has 1 saturated carbocycles. The Morgan fingerprint density at radius 1 is 1.39 bits per heavy atom. The molecule has 2 heterocycles. The van der Waals surface area contributed by atoms with Crippen LogP contribution in [0.2, 0.25) is 0 Å². The second-order valence-electron chi connectivity index (χ2n) is 4.54. The summed E-state index contributed by atoms with van der Waals surface area (Å²) < 4.78 is 3.51. The summed E-state index contributed by atoms with van der Waals surface area (Å²) in [5.74, 6) is 5.86. The van der Waals surface area contributed by atoms with Gasteiger partial charge in [0.1, 0.15) is 5.82 Å². The molecule has 0 spiro atoms. The maximum absolute atomic E-state index is 12.1. The van der Waals surface area contributed by atoms with Crippen molar-refractivity contribution in [2.45, 2.75) is 25.4 Å². The molecule has 1 aliphatic rings. The quantitative estimate of drug-likeness (QED) is 0.614. The zero-order chi connectivity index (χ0) is 12.5. The van der Waals surface area contributed by atoms with E-state index in [1.807, 2.05) is 23.0 Å². The molecule has 3 rings (SSSR count). The molecular weight excluding hydrogens is 230 g/mol. The van der Waals surface area contributed by atoms with Gasteiger partial charge < -0.3 is 5.43 Å². The Hall–Kier alpha value is -2.08. The normalized spacial score (nSPS) is 14.7. The molecule has 0 saturated heterocycles. The number of hydrogen-bond donors (Lipinski definition) is 2. The van der Waals surface area contributed by atoms with E-state index in [2.05, 4.69) is 10.4 Å². The van der Waals surface area contributed by atoms with Crippen LogP contribution in [0.15, 0.2) is 35.5 Å². The van der Waals surface area contributed by atoms with E-state index < -0.39 is 0 Å². The van der Waals surface area contributed by atoms with Crippen molar-refractivity contribution in [2.24, 2.45) is 5.84 Å². The molecule has 0 aromatic carbocycles. The number of pyridine rings is 1. The topological polar surface area (TPSA) is 77.9 Å². The maximum Gasteiger partial charge on any atom is 0.328 e. The van der Waals surface area contributed by atoms with Crippen molar-refractivity contribution in [3.05, 3.63) is 46.8 Å². The molecule has 0 radical (unpaired) electrons. The number of anilines is 1. The van der Waals surface area contributed by atoms with Crippen molar-refractivity contribution in [3.63, 3.8) is 0 Å². The summed E-state index contributed by atoms with van der Waals surface area (Å²) in [5, 5.41) is 0. The summed E-state index contributed by atoms with van der Waals surface area (Å²) in [5.41, 5.74) is 3.50. The second kappa shape index (κ2) is 4.30. The number of rotatable bonds is 4. The lowest BCUT2D eigenvalue weighted by molar-refractivity contribution is 0.655. The first kappa shape index (κ1) is 11.0. The minimum atomic E-state index is 0.0542. The van der Waals surface area contributed by atoms with Crippen LogP contribution in [0.25, 0.3) is 0 Å². The first-order valence-corrected chi connectivity index (χ1v) is 5.97. The van der Waals surface area contributed by atoms with Crippen LogP contribution in [-0.2, 0) is 6.54 Å². The third kappa shape index (κ3) is 2.02. The van der Waals surface area contributed by atoms with Crippen LogP contribution in [0.5, 0.6) is 0 Å². The fraction of sp³-hybridized carbons (Fsp3) is 0.333. The van der Waals surface area contributed by atoms with Gasteiger partial charge in [-0.1, -0.05) is 6.07 Å². The minimum absolute atomic E-state index is 0.0542. The molecule has 1 fully saturated rings. The van der Waals surface area contributed by atoms with Gasteiger partial charge in [0.05, 0.1) is 6.54 Å². The molecule has 6 heteroatoms. The summed E-state index contributed by atoms with van der Waals surface area (Å²) in [4.78, 5) is 16.2. The number of aromatic nitrogens is 3. The summed E-state index contributed by atoms with van der Waals surface area (Å²) in [6, 6.07) is 4.11. The molecular formula is C12H15N5O. The molecule has 0 aliphatic heterocycles.